The Morgan fingerprint density at radius 1 is 1.04 bits per heavy atom. The third-order valence-corrected chi connectivity index (χ3v) is 10.6. The number of carbonyl (C=O) groups excluding carboxylic acids is 2. The summed E-state index contributed by atoms with van der Waals surface area (Å²) >= 11 is 6.69. The molecule has 2 aliphatic rings. The standard InChI is InChI=1S/C41H35ClF7N5O3/c1-5-25(55)17-32-34-31(42)9-8-28(36(34)53(4)51-32)27-7-6-24(10-11-39(2,3)57)50-35(27)21(12-20-13-22(43)16-23(44)14-20)15-26(56)19-54-38-33(37(52-54)41(47,48)49)29-18-30(29)40(38,45)46/h6-9,13-14,16,21,29-30,57H,5,12,15,17-19H2,1-4H3/t21-,29+,30-/m1/s1. The van der Waals surface area contributed by atoms with E-state index in [0.29, 0.717) is 43.5 Å². The number of halogens is 8. The maximum Gasteiger partial charge on any atom is 0.435 e. The van der Waals surface area contributed by atoms with Gasteiger partial charge in [-0.3, -0.25) is 19.0 Å². The summed E-state index contributed by atoms with van der Waals surface area (Å²) in [6, 6.07) is 9.22. The Labute approximate surface area is 327 Å². The molecule has 1 N–H and O–H groups in total. The first-order chi connectivity index (χ1) is 26.7. The first kappa shape index (κ1) is 40.1. The van der Waals surface area contributed by atoms with Crippen LogP contribution in [-0.4, -0.2) is 46.8 Å². The highest BCUT2D eigenvalue weighted by Crippen LogP contribution is 2.68. The molecule has 2 aliphatic carbocycles. The van der Waals surface area contributed by atoms with Crippen molar-refractivity contribution in [3.63, 3.8) is 0 Å². The minimum absolute atomic E-state index is 0.0103. The number of aryl methyl sites for hydroxylation is 1. The van der Waals surface area contributed by atoms with Gasteiger partial charge in [-0.25, -0.2) is 13.8 Å². The number of alkyl halides is 5. The zero-order valence-corrected chi connectivity index (χ0v) is 31.8. The molecule has 8 nitrogen and oxygen atoms in total. The number of aliphatic hydroxyl groups is 1. The van der Waals surface area contributed by atoms with E-state index < -0.39 is 82.8 Å². The second kappa shape index (κ2) is 14.4. The molecule has 0 saturated heterocycles. The molecule has 57 heavy (non-hydrogen) atoms. The quantitative estimate of drug-likeness (QED) is 0.106. The maximum absolute atomic E-state index is 15.4. The summed E-state index contributed by atoms with van der Waals surface area (Å²) in [5, 5.41) is 19.2. The zero-order chi connectivity index (χ0) is 41.4. The highest BCUT2D eigenvalue weighted by Gasteiger charge is 2.68. The van der Waals surface area contributed by atoms with Crippen LogP contribution in [0.2, 0.25) is 5.02 Å². The van der Waals surface area contributed by atoms with Crippen LogP contribution in [-0.2, 0) is 48.1 Å². The Hall–Kier alpha value is -5.07. The van der Waals surface area contributed by atoms with Gasteiger partial charge in [0, 0.05) is 59.9 Å². The molecule has 7 rings (SSSR count). The van der Waals surface area contributed by atoms with E-state index in [9.17, 15) is 36.6 Å². The second-order valence-corrected chi connectivity index (χ2v) is 15.6. The normalized spacial score (nSPS) is 17.6. The molecule has 5 aromatic rings. The highest BCUT2D eigenvalue weighted by atomic mass is 35.5. The Morgan fingerprint density at radius 2 is 1.72 bits per heavy atom. The average molecular weight is 814 g/mol. The second-order valence-electron chi connectivity index (χ2n) is 15.2. The van der Waals surface area contributed by atoms with Crippen LogP contribution < -0.4 is 0 Å². The minimum Gasteiger partial charge on any atom is -0.378 e. The van der Waals surface area contributed by atoms with Gasteiger partial charge in [-0.05, 0) is 74.4 Å². The number of nitrogens with zero attached hydrogens (tertiary/aromatic N) is 5. The van der Waals surface area contributed by atoms with Gasteiger partial charge < -0.3 is 5.11 Å². The number of benzene rings is 2. The summed E-state index contributed by atoms with van der Waals surface area (Å²) in [6.45, 7) is 3.67. The van der Waals surface area contributed by atoms with Gasteiger partial charge in [0.25, 0.3) is 5.92 Å². The number of rotatable bonds is 11. The van der Waals surface area contributed by atoms with E-state index >= 15 is 8.78 Å². The van der Waals surface area contributed by atoms with E-state index in [-0.39, 0.29) is 48.4 Å². The molecule has 0 spiro atoms. The Balaban J connectivity index is 1.38. The van der Waals surface area contributed by atoms with E-state index in [4.69, 9.17) is 16.6 Å². The topological polar surface area (TPSA) is 103 Å². The van der Waals surface area contributed by atoms with Crippen LogP contribution in [0.1, 0.15) is 91.5 Å². The number of aromatic nitrogens is 5. The van der Waals surface area contributed by atoms with Crippen molar-refractivity contribution in [1.29, 1.82) is 0 Å². The average Bonchev–Trinajstić information content (AvgIpc) is 3.64. The number of ketones is 2. The summed E-state index contributed by atoms with van der Waals surface area (Å²) in [6.07, 6.45) is -5.71. The first-order valence-electron chi connectivity index (χ1n) is 18.1. The summed E-state index contributed by atoms with van der Waals surface area (Å²) in [4.78, 5) is 31.3. The molecule has 16 heteroatoms. The van der Waals surface area contributed by atoms with E-state index in [1.807, 2.05) is 0 Å². The maximum atomic E-state index is 15.4. The van der Waals surface area contributed by atoms with Crippen LogP contribution in [0.3, 0.4) is 0 Å². The van der Waals surface area contributed by atoms with Gasteiger partial charge in [-0.1, -0.05) is 30.5 Å². The third-order valence-electron chi connectivity index (χ3n) is 10.3. The number of carbonyl (C=O) groups is 2. The van der Waals surface area contributed by atoms with Gasteiger partial charge in [-0.2, -0.15) is 32.1 Å². The van der Waals surface area contributed by atoms with Gasteiger partial charge in [0.05, 0.1) is 28.3 Å². The van der Waals surface area contributed by atoms with Crippen LogP contribution in [0.25, 0.3) is 22.0 Å². The van der Waals surface area contributed by atoms with Crippen molar-refractivity contribution in [2.45, 2.75) is 89.0 Å². The molecule has 3 heterocycles. The largest absolute Gasteiger partial charge is 0.435 e. The molecule has 298 valence electrons. The van der Waals surface area contributed by atoms with E-state index in [1.165, 1.54) is 18.5 Å². The molecule has 1 fully saturated rings. The van der Waals surface area contributed by atoms with E-state index in [2.05, 4.69) is 22.0 Å². The third kappa shape index (κ3) is 7.81. The fraction of sp³-hybridized carbons (Fsp3) is 0.390. The lowest BCUT2D eigenvalue weighted by Gasteiger charge is -2.22. The SMILES string of the molecule is CCC(=O)Cc1nn(C)c2c(-c3ccc(C#CC(C)(C)O)nc3[C@@H](CC(=O)Cn3nc(C(F)(F)F)c4c3C(F)(F)[C@@H]3C[C@H]43)Cc3cc(F)cc(F)c3)ccc(Cl)c12. The summed E-state index contributed by atoms with van der Waals surface area (Å²) in [5.41, 5.74) is -2.31. The number of pyridine rings is 1. The minimum atomic E-state index is -5.04. The fourth-order valence-electron chi connectivity index (χ4n) is 7.79. The Morgan fingerprint density at radius 3 is 2.37 bits per heavy atom. The van der Waals surface area contributed by atoms with Gasteiger partial charge in [0.2, 0.25) is 0 Å². The predicted octanol–water partition coefficient (Wildman–Crippen LogP) is 8.62. The lowest BCUT2D eigenvalue weighted by atomic mass is 9.86. The molecule has 2 aromatic carbocycles. The summed E-state index contributed by atoms with van der Waals surface area (Å²) in [7, 11) is 1.65. The van der Waals surface area contributed by atoms with Crippen molar-refractivity contribution in [1.82, 2.24) is 24.5 Å². The van der Waals surface area contributed by atoms with Crippen molar-refractivity contribution in [3.05, 3.63) is 98.7 Å². The Kier molecular flexibility index (Phi) is 10.1. The van der Waals surface area contributed by atoms with Crippen LogP contribution >= 0.6 is 11.6 Å². The van der Waals surface area contributed by atoms with Crippen molar-refractivity contribution < 1.29 is 45.4 Å². The van der Waals surface area contributed by atoms with Gasteiger partial charge >= 0.3 is 6.18 Å². The van der Waals surface area contributed by atoms with E-state index in [0.717, 1.165) is 12.1 Å². The van der Waals surface area contributed by atoms with Crippen LogP contribution in [0.5, 0.6) is 0 Å². The summed E-state index contributed by atoms with van der Waals surface area (Å²) in [5.74, 6) is -4.32. The van der Waals surface area contributed by atoms with E-state index in [1.54, 1.807) is 38.2 Å². The van der Waals surface area contributed by atoms with Gasteiger partial charge in [0.15, 0.2) is 11.5 Å². The lowest BCUT2D eigenvalue weighted by Crippen LogP contribution is -2.24. The number of fused-ring (bicyclic) bond motifs is 4. The first-order valence-corrected chi connectivity index (χ1v) is 18.5. The predicted molar refractivity (Wildman–Crippen MR) is 196 cm³/mol. The van der Waals surface area contributed by atoms with Crippen LogP contribution in [0.15, 0.2) is 42.5 Å². The monoisotopic (exact) mass is 813 g/mol. The molecule has 3 aromatic heterocycles. The molecular weight excluding hydrogens is 779 g/mol. The number of hydrogen-bond acceptors (Lipinski definition) is 6. The van der Waals surface area contributed by atoms with Crippen LogP contribution in [0, 0.1) is 29.4 Å². The Bertz CT molecular complexity index is 2510. The zero-order valence-electron chi connectivity index (χ0n) is 31.0. The molecule has 0 aliphatic heterocycles. The van der Waals surface area contributed by atoms with Gasteiger partial charge in [-0.15, -0.1) is 0 Å². The smallest absolute Gasteiger partial charge is 0.378 e. The fourth-order valence-corrected chi connectivity index (χ4v) is 8.05. The molecule has 0 bridgehead atoms. The number of hydrogen-bond donors (Lipinski definition) is 1. The number of Topliss-reactive ketones (excluding diaryl/α,β-unsaturated/α-hetero) is 2. The van der Waals surface area contributed by atoms with Crippen molar-refractivity contribution in [2.24, 2.45) is 13.0 Å². The van der Waals surface area contributed by atoms with Crippen LogP contribution in [0.4, 0.5) is 30.7 Å². The molecule has 0 radical (unpaired) electrons. The molecular formula is C41H35ClF7N5O3. The van der Waals surface area contributed by atoms with Crippen molar-refractivity contribution >= 4 is 34.1 Å². The molecule has 1 saturated carbocycles. The summed E-state index contributed by atoms with van der Waals surface area (Å²) < 4.78 is 104. The molecule has 0 amide bonds. The van der Waals surface area contributed by atoms with Crippen molar-refractivity contribution in [3.8, 4) is 23.0 Å². The highest BCUT2D eigenvalue weighted by molar-refractivity contribution is 6.36. The molecule has 0 unspecified atom stereocenters. The molecule has 3 atom stereocenters. The van der Waals surface area contributed by atoms with Crippen molar-refractivity contribution in [2.75, 3.05) is 0 Å². The lowest BCUT2D eigenvalue weighted by molar-refractivity contribution is -0.142. The van der Waals surface area contributed by atoms with Gasteiger partial charge in [0.1, 0.15) is 41.0 Å².